The van der Waals surface area contributed by atoms with Gasteiger partial charge in [0, 0.05) is 31.8 Å². The normalized spacial score (nSPS) is 11.3. The molecule has 1 amide bonds. The van der Waals surface area contributed by atoms with Gasteiger partial charge in [-0.1, -0.05) is 17.1 Å². The number of rotatable bonds is 31. The summed E-state index contributed by atoms with van der Waals surface area (Å²) in [6.45, 7) is 9.36. The van der Waals surface area contributed by atoms with Crippen LogP contribution in [-0.2, 0) is 55.8 Å². The van der Waals surface area contributed by atoms with E-state index in [4.69, 9.17) is 45.0 Å². The molecule has 16 nitrogen and oxygen atoms in total. The lowest BCUT2D eigenvalue weighted by molar-refractivity contribution is -0.121. The third-order valence-corrected chi connectivity index (χ3v) is 5.84. The second-order valence-corrected chi connectivity index (χ2v) is 9.66. The molecule has 2 heterocycles. The van der Waals surface area contributed by atoms with Crippen LogP contribution in [0.3, 0.4) is 0 Å². The molecule has 2 aromatic rings. The van der Waals surface area contributed by atoms with E-state index < -0.39 is 0 Å². The Morgan fingerprint density at radius 2 is 1.26 bits per heavy atom. The number of hydrogen-bond donors (Lipinski definition) is 2. The van der Waals surface area contributed by atoms with Gasteiger partial charge in [0.1, 0.15) is 13.4 Å². The van der Waals surface area contributed by atoms with Crippen molar-refractivity contribution in [2.24, 2.45) is 5.73 Å². The average molecular weight is 668 g/mol. The van der Waals surface area contributed by atoms with Crippen LogP contribution in [0.15, 0.2) is 24.9 Å². The monoisotopic (exact) mass is 667 g/mol. The van der Waals surface area contributed by atoms with Crippen LogP contribution < -0.4 is 11.1 Å². The highest BCUT2D eigenvalue weighted by Gasteiger charge is 2.05. The largest absolute Gasteiger partial charge is 0.378 e. The summed E-state index contributed by atoms with van der Waals surface area (Å²) in [6, 6.07) is 0. The van der Waals surface area contributed by atoms with Crippen LogP contribution in [0.4, 0.5) is 0 Å². The number of hydrogen-bond acceptors (Lipinski definition) is 14. The number of nitrogens with one attached hydrogen (secondary N) is 1. The first kappa shape index (κ1) is 38.3. The van der Waals surface area contributed by atoms with E-state index in [0.29, 0.717) is 156 Å². The summed E-state index contributed by atoms with van der Waals surface area (Å²) in [5.74, 6) is 5.82. The van der Waals surface area contributed by atoms with Gasteiger partial charge in [-0.2, -0.15) is 0 Å². The minimum Gasteiger partial charge on any atom is -0.378 e. The van der Waals surface area contributed by atoms with Gasteiger partial charge in [-0.3, -0.25) is 4.79 Å². The van der Waals surface area contributed by atoms with Crippen LogP contribution in [0.2, 0.25) is 0 Å². The Kier molecular flexibility index (Phi) is 24.7. The quantitative estimate of drug-likeness (QED) is 0.0808. The molecule has 3 N–H and O–H groups in total. The van der Waals surface area contributed by atoms with E-state index in [0.717, 1.165) is 0 Å². The zero-order valence-corrected chi connectivity index (χ0v) is 27.3. The summed E-state index contributed by atoms with van der Waals surface area (Å²) < 4.78 is 52.4. The Morgan fingerprint density at radius 1 is 0.766 bits per heavy atom. The number of amides is 1. The van der Waals surface area contributed by atoms with Crippen LogP contribution in [0.5, 0.6) is 0 Å². The van der Waals surface area contributed by atoms with Crippen molar-refractivity contribution in [1.82, 2.24) is 30.3 Å². The summed E-state index contributed by atoms with van der Waals surface area (Å²) >= 11 is 0. The summed E-state index contributed by atoms with van der Waals surface area (Å²) in [4.78, 5) is 19.6. The van der Waals surface area contributed by atoms with Crippen molar-refractivity contribution in [3.05, 3.63) is 36.2 Å². The molecule has 2 aromatic heterocycles. The van der Waals surface area contributed by atoms with E-state index in [2.05, 4.69) is 37.4 Å². The number of ether oxygens (including phenoxy) is 8. The van der Waals surface area contributed by atoms with Gasteiger partial charge >= 0.3 is 0 Å². The minimum absolute atomic E-state index is 0.0400. The number of aromatic nitrogens is 5. The Bertz CT molecular complexity index is 1120. The summed E-state index contributed by atoms with van der Waals surface area (Å²) in [6.07, 6.45) is 6.32. The van der Waals surface area contributed by atoms with Gasteiger partial charge in [-0.25, -0.2) is 14.6 Å². The molecule has 0 aromatic carbocycles. The first-order valence-corrected chi connectivity index (χ1v) is 15.9. The Morgan fingerprint density at radius 3 is 1.77 bits per heavy atom. The summed E-state index contributed by atoms with van der Waals surface area (Å²) in [5, 5.41) is 11.0. The fraction of sp³-hybridized carbons (Fsp3) is 0.710. The zero-order valence-electron chi connectivity index (χ0n) is 28.3. The molecule has 0 saturated carbocycles. The lowest BCUT2D eigenvalue weighted by atomic mass is 10.2. The highest BCUT2D eigenvalue weighted by atomic mass is 16.6. The predicted molar refractivity (Wildman–Crippen MR) is 170 cm³/mol. The molecule has 0 aliphatic rings. The molecule has 264 valence electrons. The van der Waals surface area contributed by atoms with E-state index in [1.165, 1.54) is 12.4 Å². The second-order valence-electron chi connectivity index (χ2n) is 9.66. The maximum atomic E-state index is 12.1. The number of unbranched alkanes of at least 4 members (excludes halogenated alkanes) is 1. The average Bonchev–Trinajstić information content (AvgIpc) is 3.55. The molecule has 0 aliphatic heterocycles. The van der Waals surface area contributed by atoms with Crippen molar-refractivity contribution in [2.45, 2.75) is 32.4 Å². The van der Waals surface area contributed by atoms with Crippen LogP contribution >= 0.6 is 0 Å². The topological polar surface area (TPSA) is 185 Å². The molecule has 0 fully saturated rings. The van der Waals surface area contributed by atoms with Gasteiger partial charge in [-0.05, 0) is 6.42 Å². The Hall–Kier alpha value is -3.11. The van der Waals surface area contributed by atoms with Crippen molar-refractivity contribution in [1.29, 1.82) is 0 Å². The molecule has 0 saturated heterocycles. The summed E-state index contributed by atoms with van der Waals surface area (Å²) in [5.41, 5.74) is 6.65. The molecular formula is C31H51N7O9. The Labute approximate surface area is 278 Å². The standard InChI is InChI=1S/C31H51N7O9/c32-6-8-40-10-12-42-14-16-44-18-20-46-22-23-47-21-19-45-17-15-43-13-11-41-9-7-38-27-30(36-37-38)26-35-31(39)5-3-1-2-4-29-24-33-28-34-25-29/h24-25,27-28H,1,3,5-23,26,32H2,(H,35,39)/i28T. The van der Waals surface area contributed by atoms with Crippen molar-refractivity contribution < 1.29 is 44.1 Å². The summed E-state index contributed by atoms with van der Waals surface area (Å²) in [7, 11) is 0. The van der Waals surface area contributed by atoms with E-state index >= 15 is 0 Å². The second kappa shape index (κ2) is 30.2. The van der Waals surface area contributed by atoms with Crippen molar-refractivity contribution in [3.8, 4) is 11.8 Å². The molecule has 0 radical (unpaired) electrons. The minimum atomic E-state index is -0.0745. The molecular weight excluding hydrogens is 614 g/mol. The van der Waals surface area contributed by atoms with Gasteiger partial charge < -0.3 is 48.9 Å². The Balaban J connectivity index is 1.28. The first-order valence-electron chi connectivity index (χ1n) is 16.4. The molecule has 2 rings (SSSR count). The van der Waals surface area contributed by atoms with Gasteiger partial charge in [0.2, 0.25) is 5.91 Å². The molecule has 0 spiro atoms. The van der Waals surface area contributed by atoms with Gasteiger partial charge in [0.05, 0.1) is 131 Å². The fourth-order valence-electron chi connectivity index (χ4n) is 3.52. The van der Waals surface area contributed by atoms with E-state index in [1.54, 1.807) is 10.9 Å². The van der Waals surface area contributed by atoms with E-state index in [1.807, 2.05) is 0 Å². The molecule has 0 bridgehead atoms. The van der Waals surface area contributed by atoms with E-state index in [9.17, 15) is 4.79 Å². The van der Waals surface area contributed by atoms with Crippen LogP contribution in [0, 0.1) is 11.8 Å². The third kappa shape index (κ3) is 24.7. The number of nitrogens with zero attached hydrogens (tertiary/aromatic N) is 5. The zero-order chi connectivity index (χ0) is 34.2. The SMILES string of the molecule is [3H]c1ncc(C#CCCCC(=O)NCc2cn(CCOCCOCCOCCOCCOCCOCCOCCOCCN)nn2)cn1. The van der Waals surface area contributed by atoms with Gasteiger partial charge in [0.25, 0.3) is 0 Å². The molecule has 47 heavy (non-hydrogen) atoms. The number of nitrogens with two attached hydrogens (primary N) is 1. The molecule has 0 aliphatic carbocycles. The lowest BCUT2D eigenvalue weighted by Gasteiger charge is -2.08. The smallest absolute Gasteiger partial charge is 0.220 e. The van der Waals surface area contributed by atoms with Gasteiger partial charge in [-0.15, -0.1) is 5.10 Å². The first-order chi connectivity index (χ1) is 23.7. The maximum absolute atomic E-state index is 12.1. The highest BCUT2D eigenvalue weighted by molar-refractivity contribution is 5.75. The van der Waals surface area contributed by atoms with Gasteiger partial charge in [0.15, 0.2) is 0 Å². The molecule has 16 heteroatoms. The third-order valence-electron chi connectivity index (χ3n) is 5.84. The fourth-order valence-corrected chi connectivity index (χ4v) is 3.52. The molecule has 0 unspecified atom stereocenters. The lowest BCUT2D eigenvalue weighted by Crippen LogP contribution is -2.22. The van der Waals surface area contributed by atoms with Crippen LogP contribution in [0.25, 0.3) is 0 Å². The van der Waals surface area contributed by atoms with Crippen molar-refractivity contribution in [2.75, 3.05) is 112 Å². The van der Waals surface area contributed by atoms with Crippen molar-refractivity contribution >= 4 is 5.91 Å². The number of carbonyl (C=O) groups is 1. The van der Waals surface area contributed by atoms with Crippen LogP contribution in [0.1, 0.15) is 31.9 Å². The maximum Gasteiger partial charge on any atom is 0.220 e. The molecule has 0 atom stereocenters. The van der Waals surface area contributed by atoms with E-state index in [-0.39, 0.29) is 12.2 Å². The number of carbonyl (C=O) groups excluding carboxylic acids is 1. The highest BCUT2D eigenvalue weighted by Crippen LogP contribution is 1.98. The predicted octanol–water partition coefficient (Wildman–Crippen LogP) is -0.00220. The van der Waals surface area contributed by atoms with Crippen LogP contribution in [-0.4, -0.2) is 143 Å². The van der Waals surface area contributed by atoms with Crippen molar-refractivity contribution in [3.63, 3.8) is 0 Å².